The third kappa shape index (κ3) is 4.82. The second kappa shape index (κ2) is 9.45. The van der Waals surface area contributed by atoms with Gasteiger partial charge in [-0.15, -0.1) is 11.3 Å². The third-order valence-electron chi connectivity index (χ3n) is 5.71. The quantitative estimate of drug-likeness (QED) is 0.559. The number of nitrogens with zero attached hydrogens (tertiary/aromatic N) is 3. The van der Waals surface area contributed by atoms with Crippen LogP contribution < -0.4 is 10.6 Å². The van der Waals surface area contributed by atoms with E-state index in [0.29, 0.717) is 19.0 Å². The molecule has 1 atom stereocenters. The number of carbonyl (C=O) groups excluding carboxylic acids is 1. The predicted molar refractivity (Wildman–Crippen MR) is 115 cm³/mol. The van der Waals surface area contributed by atoms with Crippen molar-refractivity contribution in [3.05, 3.63) is 46.0 Å². The molecule has 0 spiro atoms. The summed E-state index contributed by atoms with van der Waals surface area (Å²) in [5, 5.41) is 8.66. The Morgan fingerprint density at radius 2 is 2.14 bits per heavy atom. The number of amides is 1. The summed E-state index contributed by atoms with van der Waals surface area (Å²) in [7, 11) is 1.73. The number of likely N-dealkylation sites (tertiary alicyclic amines) is 1. The Balaban J connectivity index is 1.28. The van der Waals surface area contributed by atoms with Crippen molar-refractivity contribution in [3.8, 4) is 0 Å². The van der Waals surface area contributed by atoms with E-state index in [9.17, 15) is 4.79 Å². The zero-order valence-corrected chi connectivity index (χ0v) is 17.7. The number of nitrogens with one attached hydrogen (secondary N) is 2. The summed E-state index contributed by atoms with van der Waals surface area (Å²) in [5.41, 5.74) is 1.28. The van der Waals surface area contributed by atoms with Crippen LogP contribution in [0.15, 0.2) is 39.3 Å². The number of guanidine groups is 1. The smallest absolute Gasteiger partial charge is 0.242 e. The maximum atomic E-state index is 12.6. The van der Waals surface area contributed by atoms with Gasteiger partial charge in [0.2, 0.25) is 5.91 Å². The lowest BCUT2D eigenvalue weighted by Gasteiger charge is -2.28. The number of furan rings is 1. The molecule has 2 aromatic rings. The minimum Gasteiger partial charge on any atom is -0.468 e. The highest BCUT2D eigenvalue weighted by atomic mass is 32.1. The summed E-state index contributed by atoms with van der Waals surface area (Å²) in [4.78, 5) is 22.7. The molecule has 1 saturated heterocycles. The molecule has 4 heterocycles. The van der Waals surface area contributed by atoms with E-state index in [2.05, 4.69) is 32.0 Å². The number of rotatable bonds is 6. The minimum atomic E-state index is 0.104. The SMILES string of the molecule is CN=C(NCC(=O)N1CCc2sccc2C1)NCC(c1ccco1)N1CCCC1. The number of hydrogen-bond acceptors (Lipinski definition) is 5. The second-order valence-electron chi connectivity index (χ2n) is 7.52. The van der Waals surface area contributed by atoms with Crippen molar-refractivity contribution >= 4 is 23.2 Å². The molecule has 29 heavy (non-hydrogen) atoms. The summed E-state index contributed by atoms with van der Waals surface area (Å²) in [6, 6.07) is 6.25. The average molecular weight is 416 g/mol. The van der Waals surface area contributed by atoms with Gasteiger partial charge >= 0.3 is 0 Å². The number of thiophene rings is 1. The zero-order valence-electron chi connectivity index (χ0n) is 16.9. The van der Waals surface area contributed by atoms with Crippen molar-refractivity contribution in [2.24, 2.45) is 4.99 Å². The third-order valence-corrected chi connectivity index (χ3v) is 6.73. The Bertz CT molecular complexity index is 826. The van der Waals surface area contributed by atoms with Crippen molar-refractivity contribution in [1.29, 1.82) is 0 Å². The monoisotopic (exact) mass is 415 g/mol. The molecule has 8 heteroatoms. The van der Waals surface area contributed by atoms with Gasteiger partial charge in [-0.25, -0.2) is 0 Å². The van der Waals surface area contributed by atoms with Crippen molar-refractivity contribution in [2.45, 2.75) is 31.8 Å². The molecule has 0 saturated carbocycles. The van der Waals surface area contributed by atoms with Gasteiger partial charge < -0.3 is 20.0 Å². The van der Waals surface area contributed by atoms with Crippen molar-refractivity contribution in [3.63, 3.8) is 0 Å². The summed E-state index contributed by atoms with van der Waals surface area (Å²) in [5.74, 6) is 1.71. The first-order valence-corrected chi connectivity index (χ1v) is 11.2. The molecule has 2 N–H and O–H groups in total. The molecular weight excluding hydrogens is 386 g/mol. The van der Waals surface area contributed by atoms with Crippen molar-refractivity contribution < 1.29 is 9.21 Å². The van der Waals surface area contributed by atoms with E-state index in [0.717, 1.165) is 31.8 Å². The Kier molecular flexibility index (Phi) is 6.51. The van der Waals surface area contributed by atoms with Crippen LogP contribution in [0, 0.1) is 0 Å². The highest BCUT2D eigenvalue weighted by Crippen LogP contribution is 2.25. The van der Waals surface area contributed by atoms with Crippen LogP contribution in [0.2, 0.25) is 0 Å². The van der Waals surface area contributed by atoms with Gasteiger partial charge in [0.25, 0.3) is 0 Å². The van der Waals surface area contributed by atoms with Gasteiger partial charge in [-0.3, -0.25) is 14.7 Å². The van der Waals surface area contributed by atoms with E-state index in [-0.39, 0.29) is 18.5 Å². The minimum absolute atomic E-state index is 0.104. The molecule has 0 radical (unpaired) electrons. The maximum Gasteiger partial charge on any atom is 0.242 e. The summed E-state index contributed by atoms with van der Waals surface area (Å²) >= 11 is 1.79. The van der Waals surface area contributed by atoms with E-state index >= 15 is 0 Å². The zero-order chi connectivity index (χ0) is 20.1. The van der Waals surface area contributed by atoms with E-state index in [1.54, 1.807) is 24.6 Å². The van der Waals surface area contributed by atoms with Gasteiger partial charge in [-0.05, 0) is 61.5 Å². The van der Waals surface area contributed by atoms with Crippen molar-refractivity contribution in [1.82, 2.24) is 20.4 Å². The summed E-state index contributed by atoms with van der Waals surface area (Å²) in [6.07, 6.45) is 5.12. The van der Waals surface area contributed by atoms with Crippen molar-refractivity contribution in [2.75, 3.05) is 39.8 Å². The number of carbonyl (C=O) groups is 1. The summed E-state index contributed by atoms with van der Waals surface area (Å²) in [6.45, 7) is 4.59. The van der Waals surface area contributed by atoms with Crippen LogP contribution in [-0.4, -0.2) is 61.4 Å². The number of hydrogen-bond donors (Lipinski definition) is 2. The fourth-order valence-electron chi connectivity index (χ4n) is 4.09. The van der Waals surface area contributed by atoms with Crippen LogP contribution in [0.3, 0.4) is 0 Å². The first-order valence-electron chi connectivity index (χ1n) is 10.3. The Morgan fingerprint density at radius 3 is 2.90 bits per heavy atom. The fourth-order valence-corrected chi connectivity index (χ4v) is 4.98. The highest BCUT2D eigenvalue weighted by molar-refractivity contribution is 7.10. The van der Waals surface area contributed by atoms with Gasteiger partial charge in [0.05, 0.1) is 18.8 Å². The van der Waals surface area contributed by atoms with Crippen LogP contribution >= 0.6 is 11.3 Å². The molecule has 0 aromatic carbocycles. The number of aliphatic imine (C=N–C) groups is 1. The predicted octanol–water partition coefficient (Wildman–Crippen LogP) is 2.23. The Hall–Kier alpha value is -2.32. The first kappa shape index (κ1) is 20.0. The molecule has 2 aromatic heterocycles. The van der Waals surface area contributed by atoms with Crippen LogP contribution in [0.4, 0.5) is 0 Å². The average Bonchev–Trinajstić information content (AvgIpc) is 3.52. The fraction of sp³-hybridized carbons (Fsp3) is 0.524. The lowest BCUT2D eigenvalue weighted by atomic mass is 10.1. The van der Waals surface area contributed by atoms with Crippen LogP contribution in [-0.2, 0) is 17.8 Å². The molecular formula is C21H29N5O2S. The van der Waals surface area contributed by atoms with E-state index < -0.39 is 0 Å². The molecule has 1 amide bonds. The molecule has 2 aliphatic heterocycles. The lowest BCUT2D eigenvalue weighted by molar-refractivity contribution is -0.130. The van der Waals surface area contributed by atoms with E-state index in [1.807, 2.05) is 17.0 Å². The van der Waals surface area contributed by atoms with Crippen LogP contribution in [0.5, 0.6) is 0 Å². The number of fused-ring (bicyclic) bond motifs is 1. The highest BCUT2D eigenvalue weighted by Gasteiger charge is 2.26. The van der Waals surface area contributed by atoms with Gasteiger partial charge in [0, 0.05) is 31.6 Å². The summed E-state index contributed by atoms with van der Waals surface area (Å²) < 4.78 is 5.67. The van der Waals surface area contributed by atoms with Gasteiger partial charge in [0.15, 0.2) is 5.96 Å². The van der Waals surface area contributed by atoms with Crippen LogP contribution in [0.25, 0.3) is 0 Å². The Labute approximate surface area is 175 Å². The second-order valence-corrected chi connectivity index (χ2v) is 8.52. The first-order chi connectivity index (χ1) is 14.2. The molecule has 0 aliphatic carbocycles. The maximum absolute atomic E-state index is 12.6. The standard InChI is InChI=1S/C21H29N5O2S/c1-22-21(23-13-17(18-5-4-11-28-18)25-8-2-3-9-25)24-14-20(27)26-10-6-19-16(15-26)7-12-29-19/h4-5,7,11-12,17H,2-3,6,8-10,13-15H2,1H3,(H2,22,23,24). The molecule has 7 nitrogen and oxygen atoms in total. The van der Waals surface area contributed by atoms with Gasteiger partial charge in [-0.1, -0.05) is 0 Å². The largest absolute Gasteiger partial charge is 0.468 e. The van der Waals surface area contributed by atoms with Crippen LogP contribution in [0.1, 0.15) is 35.1 Å². The van der Waals surface area contributed by atoms with Gasteiger partial charge in [0.1, 0.15) is 5.76 Å². The molecule has 1 unspecified atom stereocenters. The molecule has 2 aliphatic rings. The van der Waals surface area contributed by atoms with Gasteiger partial charge in [-0.2, -0.15) is 0 Å². The van der Waals surface area contributed by atoms with E-state index in [4.69, 9.17) is 4.42 Å². The lowest BCUT2D eigenvalue weighted by Crippen LogP contribution is -2.47. The van der Waals surface area contributed by atoms with E-state index in [1.165, 1.54) is 23.3 Å². The molecule has 156 valence electrons. The Morgan fingerprint density at radius 1 is 1.28 bits per heavy atom. The molecule has 4 rings (SSSR count). The molecule has 1 fully saturated rings. The molecule has 0 bridgehead atoms. The topological polar surface area (TPSA) is 73.1 Å². The normalized spacial score (nSPS) is 18.5.